The maximum absolute atomic E-state index is 11.2. The predicted molar refractivity (Wildman–Crippen MR) is 93.9 cm³/mol. The van der Waals surface area contributed by atoms with Crippen LogP contribution in [0.1, 0.15) is 34.9 Å². The molecule has 0 aromatic heterocycles. The van der Waals surface area contributed by atoms with Crippen molar-refractivity contribution in [1.82, 2.24) is 4.90 Å². The van der Waals surface area contributed by atoms with Crippen LogP contribution >= 0.6 is 0 Å². The predicted octanol–water partition coefficient (Wildman–Crippen LogP) is 2.94. The fourth-order valence-corrected chi connectivity index (χ4v) is 3.77. The summed E-state index contributed by atoms with van der Waals surface area (Å²) in [6.07, 6.45) is 1.80. The van der Waals surface area contributed by atoms with E-state index in [2.05, 4.69) is 4.90 Å². The summed E-state index contributed by atoms with van der Waals surface area (Å²) in [5, 5.41) is 19.9. The lowest BCUT2D eigenvalue weighted by molar-refractivity contribution is 0.0140. The van der Waals surface area contributed by atoms with Gasteiger partial charge < -0.3 is 14.9 Å². The van der Waals surface area contributed by atoms with Crippen LogP contribution in [0, 0.1) is 0 Å². The zero-order chi connectivity index (χ0) is 17.4. The van der Waals surface area contributed by atoms with Gasteiger partial charge in [0.05, 0.1) is 11.6 Å². The van der Waals surface area contributed by atoms with Crippen molar-refractivity contribution in [1.29, 1.82) is 0 Å². The number of aromatic carboxylic acids is 1. The van der Waals surface area contributed by atoms with Crippen LogP contribution in [0.2, 0.25) is 0 Å². The molecular weight excluding hydrogens is 318 g/mol. The third-order valence-corrected chi connectivity index (χ3v) is 5.16. The van der Waals surface area contributed by atoms with Crippen molar-refractivity contribution >= 4 is 5.97 Å². The molecule has 2 aliphatic rings. The third-order valence-electron chi connectivity index (χ3n) is 5.16. The highest BCUT2D eigenvalue weighted by Crippen LogP contribution is 2.38. The number of hydrogen-bond acceptors (Lipinski definition) is 4. The summed E-state index contributed by atoms with van der Waals surface area (Å²) in [6.45, 7) is 2.51. The molecule has 5 heteroatoms. The quantitative estimate of drug-likeness (QED) is 0.900. The van der Waals surface area contributed by atoms with Crippen LogP contribution in [0.15, 0.2) is 42.5 Å². The number of carboxylic acid groups (broad SMARTS) is 1. The van der Waals surface area contributed by atoms with Gasteiger partial charge in [-0.25, -0.2) is 4.79 Å². The minimum Gasteiger partial charge on any atom is -0.491 e. The Bertz CT molecular complexity index is 798. The zero-order valence-electron chi connectivity index (χ0n) is 13.9. The number of carboxylic acids is 1. The molecule has 130 valence electrons. The monoisotopic (exact) mass is 339 g/mol. The second kappa shape index (κ2) is 6.50. The molecule has 25 heavy (non-hydrogen) atoms. The molecule has 2 aromatic rings. The molecule has 0 saturated carbocycles. The molecule has 2 heterocycles. The Hall–Kier alpha value is -2.37. The van der Waals surface area contributed by atoms with Gasteiger partial charge in [-0.2, -0.15) is 0 Å². The van der Waals surface area contributed by atoms with Gasteiger partial charge in [-0.15, -0.1) is 0 Å². The molecule has 5 nitrogen and oxygen atoms in total. The fourth-order valence-electron chi connectivity index (χ4n) is 3.77. The molecule has 0 amide bonds. The SMILES string of the molecule is O=C(O)c1cccc(-c2ccc3c(c2)OCC(N2CCCC2)C3O)c1. The number of hydrogen-bond donors (Lipinski definition) is 2. The number of carbonyl (C=O) groups is 1. The van der Waals surface area contributed by atoms with E-state index in [1.165, 1.54) is 12.8 Å². The molecule has 2 aromatic carbocycles. The fraction of sp³-hybridized carbons (Fsp3) is 0.350. The highest BCUT2D eigenvalue weighted by atomic mass is 16.5. The van der Waals surface area contributed by atoms with E-state index < -0.39 is 12.1 Å². The van der Waals surface area contributed by atoms with Gasteiger partial charge >= 0.3 is 5.97 Å². The largest absolute Gasteiger partial charge is 0.491 e. The molecule has 2 N–H and O–H groups in total. The second-order valence-corrected chi connectivity index (χ2v) is 6.70. The van der Waals surface area contributed by atoms with Gasteiger partial charge in [-0.1, -0.05) is 24.3 Å². The number of nitrogens with zero attached hydrogens (tertiary/aromatic N) is 1. The van der Waals surface area contributed by atoms with Gasteiger partial charge in [-0.05, 0) is 55.3 Å². The van der Waals surface area contributed by atoms with Crippen LogP contribution in [-0.2, 0) is 0 Å². The van der Waals surface area contributed by atoms with Crippen molar-refractivity contribution in [2.24, 2.45) is 0 Å². The minimum absolute atomic E-state index is 0.0104. The van der Waals surface area contributed by atoms with E-state index in [0.29, 0.717) is 12.4 Å². The molecule has 1 fully saturated rings. The van der Waals surface area contributed by atoms with Gasteiger partial charge in [0.15, 0.2) is 0 Å². The van der Waals surface area contributed by atoms with Crippen LogP contribution in [-0.4, -0.2) is 46.8 Å². The van der Waals surface area contributed by atoms with E-state index in [4.69, 9.17) is 9.84 Å². The number of ether oxygens (including phenoxy) is 1. The lowest BCUT2D eigenvalue weighted by atomic mass is 9.94. The topological polar surface area (TPSA) is 70.0 Å². The van der Waals surface area contributed by atoms with E-state index in [1.807, 2.05) is 24.3 Å². The van der Waals surface area contributed by atoms with E-state index in [0.717, 1.165) is 29.8 Å². The molecule has 2 aliphatic heterocycles. The molecule has 2 unspecified atom stereocenters. The summed E-state index contributed by atoms with van der Waals surface area (Å²) in [4.78, 5) is 13.5. The molecule has 0 bridgehead atoms. The minimum atomic E-state index is -0.945. The standard InChI is InChI=1S/C20H21NO4/c22-19-16-7-6-14(13-4-3-5-15(10-13)20(23)24)11-18(16)25-12-17(19)21-8-1-2-9-21/h3-7,10-11,17,19,22H,1-2,8-9,12H2,(H,23,24). The second-order valence-electron chi connectivity index (χ2n) is 6.70. The number of likely N-dealkylation sites (tertiary alicyclic amines) is 1. The third kappa shape index (κ3) is 3.01. The van der Waals surface area contributed by atoms with Gasteiger partial charge in [0.25, 0.3) is 0 Å². The van der Waals surface area contributed by atoms with Crippen molar-refractivity contribution < 1.29 is 19.7 Å². The van der Waals surface area contributed by atoms with Crippen LogP contribution in [0.3, 0.4) is 0 Å². The molecule has 0 aliphatic carbocycles. The molecule has 4 rings (SSSR count). The van der Waals surface area contributed by atoms with Crippen molar-refractivity contribution in [3.8, 4) is 16.9 Å². The Morgan fingerprint density at radius 3 is 2.60 bits per heavy atom. The number of benzene rings is 2. The van der Waals surface area contributed by atoms with Crippen LogP contribution < -0.4 is 4.74 Å². The Balaban J connectivity index is 1.63. The molecule has 0 radical (unpaired) electrons. The first-order chi connectivity index (χ1) is 12.1. The maximum atomic E-state index is 11.2. The first-order valence-corrected chi connectivity index (χ1v) is 8.66. The first-order valence-electron chi connectivity index (χ1n) is 8.66. The Morgan fingerprint density at radius 2 is 1.84 bits per heavy atom. The summed E-state index contributed by atoms with van der Waals surface area (Å²) < 4.78 is 5.94. The van der Waals surface area contributed by atoms with E-state index in [1.54, 1.807) is 18.2 Å². The summed E-state index contributed by atoms with van der Waals surface area (Å²) in [6, 6.07) is 12.5. The summed E-state index contributed by atoms with van der Waals surface area (Å²) in [5.74, 6) is -0.263. The van der Waals surface area contributed by atoms with Crippen molar-refractivity contribution in [3.05, 3.63) is 53.6 Å². The van der Waals surface area contributed by atoms with Crippen LogP contribution in [0.4, 0.5) is 0 Å². The lowest BCUT2D eigenvalue weighted by Gasteiger charge is -2.36. The van der Waals surface area contributed by atoms with Crippen molar-refractivity contribution in [2.45, 2.75) is 25.0 Å². The molecular formula is C20H21NO4. The van der Waals surface area contributed by atoms with Gasteiger partial charge in [0, 0.05) is 5.56 Å². The van der Waals surface area contributed by atoms with E-state index in [9.17, 15) is 9.90 Å². The van der Waals surface area contributed by atoms with Crippen LogP contribution in [0.25, 0.3) is 11.1 Å². The average molecular weight is 339 g/mol. The van der Waals surface area contributed by atoms with Gasteiger partial charge in [0.1, 0.15) is 18.5 Å². The smallest absolute Gasteiger partial charge is 0.335 e. The summed E-state index contributed by atoms with van der Waals surface area (Å²) in [5.41, 5.74) is 2.77. The summed E-state index contributed by atoms with van der Waals surface area (Å²) >= 11 is 0. The van der Waals surface area contributed by atoms with E-state index >= 15 is 0 Å². The number of rotatable bonds is 3. The molecule has 1 saturated heterocycles. The normalized spacial score (nSPS) is 23.1. The van der Waals surface area contributed by atoms with Gasteiger partial charge in [-0.3, -0.25) is 4.90 Å². The van der Waals surface area contributed by atoms with E-state index in [-0.39, 0.29) is 11.6 Å². The number of fused-ring (bicyclic) bond motifs is 1. The van der Waals surface area contributed by atoms with Crippen molar-refractivity contribution in [2.75, 3.05) is 19.7 Å². The van der Waals surface area contributed by atoms with Crippen LogP contribution in [0.5, 0.6) is 5.75 Å². The maximum Gasteiger partial charge on any atom is 0.335 e. The first kappa shape index (κ1) is 16.1. The zero-order valence-corrected chi connectivity index (χ0v) is 13.9. The number of aliphatic hydroxyl groups is 1. The van der Waals surface area contributed by atoms with Crippen molar-refractivity contribution in [3.63, 3.8) is 0 Å². The molecule has 0 spiro atoms. The Labute approximate surface area is 146 Å². The summed E-state index contributed by atoms with van der Waals surface area (Å²) in [7, 11) is 0. The highest BCUT2D eigenvalue weighted by Gasteiger charge is 2.34. The molecule has 2 atom stereocenters. The number of aliphatic hydroxyl groups excluding tert-OH is 1. The lowest BCUT2D eigenvalue weighted by Crippen LogP contribution is -2.44. The highest BCUT2D eigenvalue weighted by molar-refractivity contribution is 5.89. The Kier molecular flexibility index (Phi) is 4.19. The van der Waals surface area contributed by atoms with Gasteiger partial charge in [0.2, 0.25) is 0 Å². The Morgan fingerprint density at radius 1 is 1.08 bits per heavy atom. The average Bonchev–Trinajstić information content (AvgIpc) is 3.16.